The molecule has 0 bridgehead atoms. The second-order valence-electron chi connectivity index (χ2n) is 1.77. The van der Waals surface area contributed by atoms with Crippen LogP contribution in [0, 0.1) is 0 Å². The summed E-state index contributed by atoms with van der Waals surface area (Å²) in [5, 5.41) is 8.28. The Kier molecular flexibility index (Phi) is 4.88. The summed E-state index contributed by atoms with van der Waals surface area (Å²) in [4.78, 5) is 10.3. The summed E-state index contributed by atoms with van der Waals surface area (Å²) in [7, 11) is 0. The Bertz CT molecular complexity index is 102. The zero-order valence-electron chi connectivity index (χ0n) is 6.16. The number of ether oxygens (including phenoxy) is 2. The molecule has 4 nitrogen and oxygen atoms in total. The van der Waals surface area contributed by atoms with Crippen molar-refractivity contribution in [1.29, 1.82) is 0 Å². The minimum absolute atomic E-state index is 0.0639. The van der Waals surface area contributed by atoms with E-state index in [2.05, 4.69) is 4.74 Å². The summed E-state index contributed by atoms with van der Waals surface area (Å²) >= 11 is 0. The molecule has 60 valence electrons. The van der Waals surface area contributed by atoms with E-state index in [9.17, 15) is 4.79 Å². The molecule has 0 radical (unpaired) electrons. The van der Waals surface area contributed by atoms with Crippen LogP contribution in [0.1, 0.15) is 13.8 Å². The average molecular weight is 148 g/mol. The van der Waals surface area contributed by atoms with Crippen molar-refractivity contribution in [3.63, 3.8) is 0 Å². The molecule has 0 aliphatic carbocycles. The first-order valence-electron chi connectivity index (χ1n) is 3.06. The van der Waals surface area contributed by atoms with Gasteiger partial charge in [-0.25, -0.2) is 0 Å². The molecular formula is C6H12O4. The van der Waals surface area contributed by atoms with Crippen molar-refractivity contribution in [2.24, 2.45) is 0 Å². The van der Waals surface area contributed by atoms with Crippen LogP contribution in [0.5, 0.6) is 0 Å². The maximum Gasteiger partial charge on any atom is 0.304 e. The van der Waals surface area contributed by atoms with Crippen molar-refractivity contribution in [2.45, 2.75) is 20.1 Å². The van der Waals surface area contributed by atoms with Gasteiger partial charge >= 0.3 is 5.97 Å². The van der Waals surface area contributed by atoms with Crippen LogP contribution >= 0.6 is 0 Å². The van der Waals surface area contributed by atoms with Crippen molar-refractivity contribution < 1.29 is 19.4 Å². The van der Waals surface area contributed by atoms with Crippen LogP contribution in [-0.4, -0.2) is 30.6 Å². The number of rotatable bonds is 4. The van der Waals surface area contributed by atoms with E-state index in [1.165, 1.54) is 6.92 Å². The van der Waals surface area contributed by atoms with Crippen molar-refractivity contribution in [3.05, 3.63) is 0 Å². The zero-order chi connectivity index (χ0) is 7.98. The molecular weight excluding hydrogens is 136 g/mol. The molecule has 0 aliphatic heterocycles. The second kappa shape index (κ2) is 5.20. The first-order valence-corrected chi connectivity index (χ1v) is 3.06. The number of carbonyl (C=O) groups excluding carboxylic acids is 1. The van der Waals surface area contributed by atoms with Crippen LogP contribution < -0.4 is 0 Å². The van der Waals surface area contributed by atoms with E-state index in [1.54, 1.807) is 6.92 Å². The first-order chi connectivity index (χ1) is 4.66. The lowest BCUT2D eigenvalue weighted by Gasteiger charge is -2.10. The topological polar surface area (TPSA) is 55.8 Å². The van der Waals surface area contributed by atoms with Crippen LogP contribution in [-0.2, 0) is 14.3 Å². The fourth-order valence-corrected chi connectivity index (χ4v) is 0.486. The monoisotopic (exact) mass is 148 g/mol. The molecule has 0 saturated carbocycles. The predicted octanol–water partition coefficient (Wildman–Crippen LogP) is -0.0956. The van der Waals surface area contributed by atoms with Crippen LogP contribution in [0.15, 0.2) is 0 Å². The number of aliphatic hydroxyl groups excluding tert-OH is 1. The van der Waals surface area contributed by atoms with Gasteiger partial charge in [-0.15, -0.1) is 0 Å². The Morgan fingerprint density at radius 3 is 2.70 bits per heavy atom. The van der Waals surface area contributed by atoms with E-state index < -0.39 is 6.29 Å². The van der Waals surface area contributed by atoms with E-state index in [1.807, 2.05) is 0 Å². The van der Waals surface area contributed by atoms with Gasteiger partial charge in [-0.3, -0.25) is 4.79 Å². The van der Waals surface area contributed by atoms with E-state index in [-0.39, 0.29) is 19.2 Å². The smallest absolute Gasteiger partial charge is 0.304 e. The second-order valence-corrected chi connectivity index (χ2v) is 1.77. The molecule has 0 aliphatic rings. The minimum atomic E-state index is -0.565. The van der Waals surface area contributed by atoms with Gasteiger partial charge in [-0.05, 0) is 6.92 Å². The lowest BCUT2D eigenvalue weighted by molar-refractivity contribution is -0.173. The Morgan fingerprint density at radius 1 is 1.70 bits per heavy atom. The molecule has 0 saturated heterocycles. The Labute approximate surface area is 59.7 Å². The quantitative estimate of drug-likeness (QED) is 0.447. The highest BCUT2D eigenvalue weighted by molar-refractivity contribution is 5.65. The number of esters is 1. The van der Waals surface area contributed by atoms with Gasteiger partial charge in [0, 0.05) is 6.92 Å². The van der Waals surface area contributed by atoms with Gasteiger partial charge in [0.15, 0.2) is 6.29 Å². The lowest BCUT2D eigenvalue weighted by Crippen LogP contribution is -2.17. The standard InChI is InChI=1S/C6H12O4/c1-5(8)10-6(2)9-4-3-7/h6-7H,3-4H2,1-2H3. The predicted molar refractivity (Wildman–Crippen MR) is 34.3 cm³/mol. The van der Waals surface area contributed by atoms with Gasteiger partial charge in [-0.1, -0.05) is 0 Å². The molecule has 0 amide bonds. The van der Waals surface area contributed by atoms with Crippen LogP contribution in [0.3, 0.4) is 0 Å². The molecule has 0 spiro atoms. The minimum Gasteiger partial charge on any atom is -0.436 e. The fraction of sp³-hybridized carbons (Fsp3) is 0.833. The van der Waals surface area contributed by atoms with Crippen LogP contribution in [0.4, 0.5) is 0 Å². The molecule has 0 rings (SSSR count). The van der Waals surface area contributed by atoms with Gasteiger partial charge in [0.1, 0.15) is 0 Å². The maximum absolute atomic E-state index is 10.3. The third-order valence-corrected chi connectivity index (χ3v) is 0.776. The number of carbonyl (C=O) groups is 1. The van der Waals surface area contributed by atoms with E-state index >= 15 is 0 Å². The van der Waals surface area contributed by atoms with E-state index in [0.29, 0.717) is 0 Å². The van der Waals surface area contributed by atoms with Crippen molar-refractivity contribution >= 4 is 5.97 Å². The Hall–Kier alpha value is -0.610. The summed E-state index contributed by atoms with van der Waals surface area (Å²) in [6.07, 6.45) is -0.565. The largest absolute Gasteiger partial charge is 0.436 e. The highest BCUT2D eigenvalue weighted by Crippen LogP contribution is 1.92. The zero-order valence-corrected chi connectivity index (χ0v) is 6.16. The highest BCUT2D eigenvalue weighted by Gasteiger charge is 2.02. The summed E-state index contributed by atoms with van der Waals surface area (Å²) in [6.45, 7) is 3.02. The SMILES string of the molecule is CC(=O)OC(C)OCCO. The third-order valence-electron chi connectivity index (χ3n) is 0.776. The molecule has 4 heteroatoms. The van der Waals surface area contributed by atoms with Gasteiger partial charge in [0.05, 0.1) is 13.2 Å². The van der Waals surface area contributed by atoms with Crippen molar-refractivity contribution in [3.8, 4) is 0 Å². The third kappa shape index (κ3) is 5.53. The van der Waals surface area contributed by atoms with Crippen molar-refractivity contribution in [2.75, 3.05) is 13.2 Å². The molecule has 10 heavy (non-hydrogen) atoms. The summed E-state index contributed by atoms with van der Waals surface area (Å²) in [6, 6.07) is 0. The maximum atomic E-state index is 10.3. The summed E-state index contributed by atoms with van der Waals surface area (Å²) in [5.41, 5.74) is 0. The first kappa shape index (κ1) is 9.39. The van der Waals surface area contributed by atoms with Gasteiger partial charge in [0.25, 0.3) is 0 Å². The molecule has 0 aromatic carbocycles. The van der Waals surface area contributed by atoms with Gasteiger partial charge in [0.2, 0.25) is 0 Å². The Balaban J connectivity index is 3.25. The normalized spacial score (nSPS) is 12.7. The Morgan fingerprint density at radius 2 is 2.30 bits per heavy atom. The lowest BCUT2D eigenvalue weighted by atomic mass is 10.7. The van der Waals surface area contributed by atoms with Crippen LogP contribution in [0.25, 0.3) is 0 Å². The van der Waals surface area contributed by atoms with Crippen molar-refractivity contribution in [1.82, 2.24) is 0 Å². The highest BCUT2D eigenvalue weighted by atomic mass is 16.7. The number of hydrogen-bond donors (Lipinski definition) is 1. The number of hydrogen-bond acceptors (Lipinski definition) is 4. The summed E-state index contributed by atoms with van der Waals surface area (Å²) in [5.74, 6) is -0.384. The summed E-state index contributed by atoms with van der Waals surface area (Å²) < 4.78 is 9.39. The van der Waals surface area contributed by atoms with Crippen LogP contribution in [0.2, 0.25) is 0 Å². The molecule has 0 aromatic rings. The van der Waals surface area contributed by atoms with E-state index in [4.69, 9.17) is 9.84 Å². The average Bonchev–Trinajstić information content (AvgIpc) is 1.82. The van der Waals surface area contributed by atoms with Gasteiger partial charge in [-0.2, -0.15) is 0 Å². The van der Waals surface area contributed by atoms with E-state index in [0.717, 1.165) is 0 Å². The molecule has 1 unspecified atom stereocenters. The molecule has 0 heterocycles. The van der Waals surface area contributed by atoms with Gasteiger partial charge < -0.3 is 14.6 Å². The fourth-order valence-electron chi connectivity index (χ4n) is 0.486. The number of aliphatic hydroxyl groups is 1. The molecule has 0 aromatic heterocycles. The molecule has 1 N–H and O–H groups in total. The molecule has 0 fully saturated rings. The molecule has 1 atom stereocenters.